The number of hydrogen-bond acceptors (Lipinski definition) is 3. The Kier molecular flexibility index (Phi) is 5.20. The van der Waals surface area contributed by atoms with Crippen LogP contribution < -0.4 is 4.74 Å². The lowest BCUT2D eigenvalue weighted by Gasteiger charge is -2.15. The van der Waals surface area contributed by atoms with Crippen LogP contribution >= 0.6 is 0 Å². The predicted octanol–water partition coefficient (Wildman–Crippen LogP) is 3.05. The first-order chi connectivity index (χ1) is 8.53. The van der Waals surface area contributed by atoms with Gasteiger partial charge >= 0.3 is 5.97 Å². The van der Waals surface area contributed by atoms with Crippen LogP contribution in [0.5, 0.6) is 5.75 Å². The van der Waals surface area contributed by atoms with Crippen molar-refractivity contribution in [2.24, 2.45) is 5.92 Å². The summed E-state index contributed by atoms with van der Waals surface area (Å²) >= 11 is 0. The molecule has 1 aromatic rings. The SMILES string of the molecule is CCC(Cc1cc(C)c(OC)c(C)c1)C(=O)OC. The van der Waals surface area contributed by atoms with Crippen LogP contribution in [0.1, 0.15) is 30.0 Å². The van der Waals surface area contributed by atoms with E-state index in [-0.39, 0.29) is 11.9 Å². The molecule has 0 heterocycles. The second-order valence-electron chi connectivity index (χ2n) is 4.60. The summed E-state index contributed by atoms with van der Waals surface area (Å²) in [6.07, 6.45) is 1.51. The topological polar surface area (TPSA) is 35.5 Å². The Bertz CT molecular complexity index is 401. The van der Waals surface area contributed by atoms with E-state index in [1.54, 1.807) is 7.11 Å². The summed E-state index contributed by atoms with van der Waals surface area (Å²) in [6.45, 7) is 6.05. The van der Waals surface area contributed by atoms with E-state index in [0.717, 1.165) is 35.3 Å². The van der Waals surface area contributed by atoms with E-state index in [2.05, 4.69) is 12.1 Å². The summed E-state index contributed by atoms with van der Waals surface area (Å²) in [7, 11) is 3.12. The molecule has 0 radical (unpaired) electrons. The van der Waals surface area contributed by atoms with E-state index in [1.165, 1.54) is 7.11 Å². The van der Waals surface area contributed by atoms with Gasteiger partial charge in [-0.2, -0.15) is 0 Å². The number of carbonyl (C=O) groups excluding carboxylic acids is 1. The van der Waals surface area contributed by atoms with E-state index >= 15 is 0 Å². The minimum Gasteiger partial charge on any atom is -0.496 e. The lowest BCUT2D eigenvalue weighted by atomic mass is 9.94. The molecule has 0 bridgehead atoms. The monoisotopic (exact) mass is 250 g/mol. The molecule has 1 aromatic carbocycles. The molecule has 0 aliphatic rings. The average Bonchev–Trinajstić information content (AvgIpc) is 2.34. The summed E-state index contributed by atoms with van der Waals surface area (Å²) < 4.78 is 10.2. The molecule has 0 N–H and O–H groups in total. The van der Waals surface area contributed by atoms with Crippen LogP contribution in [0, 0.1) is 19.8 Å². The van der Waals surface area contributed by atoms with Crippen molar-refractivity contribution in [3.8, 4) is 5.75 Å². The molecule has 0 aliphatic heterocycles. The molecule has 3 nitrogen and oxygen atoms in total. The van der Waals surface area contributed by atoms with Crippen LogP contribution in [-0.4, -0.2) is 20.2 Å². The summed E-state index contributed by atoms with van der Waals surface area (Å²) in [4.78, 5) is 11.6. The van der Waals surface area contributed by atoms with Gasteiger partial charge in [0, 0.05) is 0 Å². The van der Waals surface area contributed by atoms with Crippen LogP contribution in [0.4, 0.5) is 0 Å². The molecule has 1 rings (SSSR count). The molecule has 1 unspecified atom stereocenters. The Morgan fingerprint density at radius 1 is 1.22 bits per heavy atom. The van der Waals surface area contributed by atoms with Crippen LogP contribution in [0.15, 0.2) is 12.1 Å². The number of methoxy groups -OCH3 is 2. The van der Waals surface area contributed by atoms with Gasteiger partial charge in [-0.3, -0.25) is 4.79 Å². The van der Waals surface area contributed by atoms with Crippen molar-refractivity contribution in [3.63, 3.8) is 0 Å². The van der Waals surface area contributed by atoms with Gasteiger partial charge in [-0.1, -0.05) is 19.1 Å². The second kappa shape index (κ2) is 6.43. The first kappa shape index (κ1) is 14.6. The highest BCUT2D eigenvalue weighted by atomic mass is 16.5. The molecule has 0 fully saturated rings. The minimum atomic E-state index is -0.136. The molecule has 0 saturated carbocycles. The Hall–Kier alpha value is -1.51. The Morgan fingerprint density at radius 2 is 1.78 bits per heavy atom. The number of benzene rings is 1. The fourth-order valence-corrected chi connectivity index (χ4v) is 2.33. The van der Waals surface area contributed by atoms with Crippen molar-refractivity contribution < 1.29 is 14.3 Å². The molecule has 0 spiro atoms. The van der Waals surface area contributed by atoms with E-state index in [9.17, 15) is 4.79 Å². The first-order valence-electron chi connectivity index (χ1n) is 6.25. The first-order valence-corrected chi connectivity index (χ1v) is 6.25. The molecular formula is C15H22O3. The van der Waals surface area contributed by atoms with Gasteiger partial charge in [0.05, 0.1) is 20.1 Å². The molecule has 100 valence electrons. The standard InChI is InChI=1S/C15H22O3/c1-6-13(15(16)18-5)9-12-7-10(2)14(17-4)11(3)8-12/h7-8,13H,6,9H2,1-5H3. The van der Waals surface area contributed by atoms with Gasteiger partial charge in [-0.05, 0) is 43.4 Å². The molecule has 1 atom stereocenters. The number of rotatable bonds is 5. The largest absolute Gasteiger partial charge is 0.496 e. The summed E-state index contributed by atoms with van der Waals surface area (Å²) in [5.74, 6) is 0.718. The molecular weight excluding hydrogens is 228 g/mol. The molecule has 18 heavy (non-hydrogen) atoms. The number of hydrogen-bond donors (Lipinski definition) is 0. The maximum Gasteiger partial charge on any atom is 0.308 e. The zero-order valence-corrected chi connectivity index (χ0v) is 11.9. The highest BCUT2D eigenvalue weighted by Gasteiger charge is 2.18. The van der Waals surface area contributed by atoms with Crippen molar-refractivity contribution in [1.82, 2.24) is 0 Å². The van der Waals surface area contributed by atoms with Gasteiger partial charge in [0.2, 0.25) is 0 Å². The van der Waals surface area contributed by atoms with Gasteiger partial charge < -0.3 is 9.47 Å². The maximum absolute atomic E-state index is 11.6. The normalized spacial score (nSPS) is 12.1. The van der Waals surface area contributed by atoms with Crippen LogP contribution in [0.3, 0.4) is 0 Å². The molecule has 3 heteroatoms. The van der Waals surface area contributed by atoms with E-state index in [1.807, 2.05) is 20.8 Å². The third-order valence-electron chi connectivity index (χ3n) is 3.23. The fraction of sp³-hybridized carbons (Fsp3) is 0.533. The fourth-order valence-electron chi connectivity index (χ4n) is 2.33. The third kappa shape index (κ3) is 3.25. The van der Waals surface area contributed by atoms with Gasteiger partial charge in [0.15, 0.2) is 0 Å². The number of carbonyl (C=O) groups is 1. The van der Waals surface area contributed by atoms with E-state index in [4.69, 9.17) is 9.47 Å². The van der Waals surface area contributed by atoms with Crippen LogP contribution in [0.2, 0.25) is 0 Å². The predicted molar refractivity (Wildman–Crippen MR) is 72.0 cm³/mol. The summed E-state index contributed by atoms with van der Waals surface area (Å²) in [5, 5.41) is 0. The van der Waals surface area contributed by atoms with Crippen molar-refractivity contribution >= 4 is 5.97 Å². The lowest BCUT2D eigenvalue weighted by Crippen LogP contribution is -2.18. The average molecular weight is 250 g/mol. The zero-order valence-electron chi connectivity index (χ0n) is 11.9. The summed E-state index contributed by atoms with van der Waals surface area (Å²) in [6, 6.07) is 4.16. The zero-order chi connectivity index (χ0) is 13.7. The maximum atomic E-state index is 11.6. The number of aryl methyl sites for hydroxylation is 2. The van der Waals surface area contributed by atoms with Crippen molar-refractivity contribution in [1.29, 1.82) is 0 Å². The third-order valence-corrected chi connectivity index (χ3v) is 3.23. The van der Waals surface area contributed by atoms with E-state index in [0.29, 0.717) is 0 Å². The van der Waals surface area contributed by atoms with Crippen molar-refractivity contribution in [3.05, 3.63) is 28.8 Å². The van der Waals surface area contributed by atoms with Gasteiger partial charge in [-0.25, -0.2) is 0 Å². The smallest absolute Gasteiger partial charge is 0.308 e. The molecule has 0 saturated heterocycles. The molecule has 0 aromatic heterocycles. The Morgan fingerprint density at radius 3 is 2.17 bits per heavy atom. The van der Waals surface area contributed by atoms with Crippen LogP contribution in [-0.2, 0) is 16.0 Å². The number of ether oxygens (including phenoxy) is 2. The van der Waals surface area contributed by atoms with Crippen molar-refractivity contribution in [2.75, 3.05) is 14.2 Å². The molecule has 0 amide bonds. The van der Waals surface area contributed by atoms with Gasteiger partial charge in [0.1, 0.15) is 5.75 Å². The van der Waals surface area contributed by atoms with Crippen molar-refractivity contribution in [2.45, 2.75) is 33.6 Å². The highest BCUT2D eigenvalue weighted by molar-refractivity contribution is 5.72. The van der Waals surface area contributed by atoms with Gasteiger partial charge in [0.25, 0.3) is 0 Å². The van der Waals surface area contributed by atoms with Crippen LogP contribution in [0.25, 0.3) is 0 Å². The lowest BCUT2D eigenvalue weighted by molar-refractivity contribution is -0.145. The Balaban J connectivity index is 2.94. The summed E-state index contributed by atoms with van der Waals surface area (Å²) in [5.41, 5.74) is 3.36. The highest BCUT2D eigenvalue weighted by Crippen LogP contribution is 2.26. The van der Waals surface area contributed by atoms with Gasteiger partial charge in [-0.15, -0.1) is 0 Å². The molecule has 0 aliphatic carbocycles. The van der Waals surface area contributed by atoms with E-state index < -0.39 is 0 Å². The second-order valence-corrected chi connectivity index (χ2v) is 4.60. The Labute approximate surface area is 109 Å². The number of esters is 1. The quantitative estimate of drug-likeness (QED) is 0.753. The minimum absolute atomic E-state index is 0.0674.